The van der Waals surface area contributed by atoms with Gasteiger partial charge >= 0.3 is 0 Å². The summed E-state index contributed by atoms with van der Waals surface area (Å²) in [5.74, 6) is -8.27. The van der Waals surface area contributed by atoms with Gasteiger partial charge in [-0.1, -0.05) is 59.8 Å². The molecule has 4 atom stereocenters. The molecule has 0 heterocycles. The second-order valence-electron chi connectivity index (χ2n) is 12.2. The van der Waals surface area contributed by atoms with Crippen LogP contribution in [0.25, 0.3) is 11.3 Å². The van der Waals surface area contributed by atoms with Crippen LogP contribution < -0.4 is 5.73 Å². The van der Waals surface area contributed by atoms with Crippen LogP contribution in [-0.4, -0.2) is 54.7 Å². The highest BCUT2D eigenvalue weighted by Gasteiger charge is 2.64. The van der Waals surface area contributed by atoms with Crippen molar-refractivity contribution in [1.29, 1.82) is 0 Å². The van der Waals surface area contributed by atoms with Gasteiger partial charge in [-0.25, -0.2) is 0 Å². The zero-order valence-electron chi connectivity index (χ0n) is 21.7. The van der Waals surface area contributed by atoms with E-state index in [4.69, 9.17) is 5.73 Å². The molecule has 0 aliphatic heterocycles. The van der Waals surface area contributed by atoms with Gasteiger partial charge in [-0.05, 0) is 22.0 Å². The van der Waals surface area contributed by atoms with Crippen molar-refractivity contribution in [2.24, 2.45) is 23.0 Å². The van der Waals surface area contributed by atoms with E-state index in [1.165, 1.54) is 0 Å². The van der Waals surface area contributed by atoms with Crippen LogP contribution in [0.2, 0.25) is 0 Å². The molecule has 1 saturated carbocycles. The van der Waals surface area contributed by atoms with E-state index in [1.54, 1.807) is 18.2 Å². The third-order valence-electron chi connectivity index (χ3n) is 7.43. The second kappa shape index (κ2) is 8.03. The van der Waals surface area contributed by atoms with E-state index in [-0.39, 0.29) is 11.3 Å². The number of benzene rings is 1. The van der Waals surface area contributed by atoms with Crippen LogP contribution >= 0.6 is 0 Å². The van der Waals surface area contributed by atoms with Crippen molar-refractivity contribution in [2.75, 3.05) is 0 Å². The first kappa shape index (κ1) is 26.6. The Balaban J connectivity index is 2.12. The molecule has 0 radical (unpaired) electrons. The Morgan fingerprint density at radius 3 is 2.19 bits per heavy atom. The zero-order chi connectivity index (χ0) is 28.0. The quantitative estimate of drug-likeness (QED) is 0.311. The average Bonchev–Trinajstić information content (AvgIpc) is 2.74. The molecule has 9 nitrogen and oxygen atoms in total. The minimum atomic E-state index is -2.88. The van der Waals surface area contributed by atoms with E-state index in [0.717, 1.165) is 0 Å². The van der Waals surface area contributed by atoms with Gasteiger partial charge in [0.25, 0.3) is 5.91 Å². The summed E-state index contributed by atoms with van der Waals surface area (Å²) in [6.07, 6.45) is -0.443. The standard InChI is InChI=1S/C28H33NO8/c1-26(2,3)10-12-11-7-8-13(27(4,5)6)20(31)17(11)22(33)19-16(12)21(32)14-9-15(30)18(25(29)36)23(34)28(14,37)24(19)35/h7-8,10,14,16,21,31-34,37H,9H2,1-6H3,(H2,29,36)/b12-10+/t14-,16-,21-,28-/m1/s1. The minimum Gasteiger partial charge on any atom is -0.508 e. The van der Waals surface area contributed by atoms with Crippen molar-refractivity contribution in [1.82, 2.24) is 0 Å². The predicted octanol–water partition coefficient (Wildman–Crippen LogP) is 2.58. The number of ketones is 2. The van der Waals surface area contributed by atoms with Gasteiger partial charge in [0.2, 0.25) is 5.78 Å². The molecule has 0 unspecified atom stereocenters. The number of hydrogen-bond donors (Lipinski definition) is 6. The molecule has 7 N–H and O–H groups in total. The van der Waals surface area contributed by atoms with E-state index in [0.29, 0.717) is 16.7 Å². The molecule has 1 amide bonds. The van der Waals surface area contributed by atoms with Gasteiger partial charge in [-0.15, -0.1) is 0 Å². The molecule has 3 aliphatic carbocycles. The SMILES string of the molecule is CC(C)(C)/C=C1\c2ccc(C(C)(C)C)c(O)c2C(O)=C2C(=O)[C@]3(O)C(O)=C(C(N)=O)C(=O)C[C@@H]3[C@@H](O)[C@@H]21. The molecule has 3 aliphatic rings. The average molecular weight is 512 g/mol. The first-order chi connectivity index (χ1) is 16.8. The molecule has 0 saturated heterocycles. The van der Waals surface area contributed by atoms with E-state index in [9.17, 15) is 39.9 Å². The lowest BCUT2D eigenvalue weighted by atomic mass is 9.56. The number of aromatic hydroxyl groups is 1. The van der Waals surface area contributed by atoms with E-state index < -0.39 is 80.9 Å². The van der Waals surface area contributed by atoms with Crippen molar-refractivity contribution in [2.45, 2.75) is 65.1 Å². The number of aliphatic hydroxyl groups excluding tert-OH is 3. The number of primary amides is 1. The number of hydrogen-bond acceptors (Lipinski definition) is 8. The Labute approximate surface area is 214 Å². The highest BCUT2D eigenvalue weighted by Crippen LogP contribution is 2.56. The molecule has 9 heteroatoms. The fraction of sp³-hybridized carbons (Fsp3) is 0.464. The van der Waals surface area contributed by atoms with Gasteiger partial charge in [0.05, 0.1) is 17.2 Å². The number of phenolic OH excluding ortho intramolecular Hbond substituents is 1. The van der Waals surface area contributed by atoms with Crippen LogP contribution in [0.4, 0.5) is 0 Å². The zero-order valence-corrected chi connectivity index (χ0v) is 21.7. The Kier molecular flexibility index (Phi) is 5.78. The molecular formula is C28H33NO8. The molecule has 0 bridgehead atoms. The molecule has 1 fully saturated rings. The van der Waals surface area contributed by atoms with Crippen LogP contribution in [0, 0.1) is 17.3 Å². The van der Waals surface area contributed by atoms with Gasteiger partial charge in [0.1, 0.15) is 22.8 Å². The lowest BCUT2D eigenvalue weighted by molar-refractivity contribution is -0.157. The third-order valence-corrected chi connectivity index (χ3v) is 7.43. The summed E-state index contributed by atoms with van der Waals surface area (Å²) in [6, 6.07) is 3.42. The summed E-state index contributed by atoms with van der Waals surface area (Å²) in [4.78, 5) is 38.4. The van der Waals surface area contributed by atoms with Gasteiger partial charge in [0.15, 0.2) is 11.4 Å². The Morgan fingerprint density at radius 1 is 1.08 bits per heavy atom. The van der Waals surface area contributed by atoms with Crippen molar-refractivity contribution < 1.29 is 39.9 Å². The lowest BCUT2D eigenvalue weighted by Gasteiger charge is -2.49. The van der Waals surface area contributed by atoms with Crippen LogP contribution in [-0.2, 0) is 19.8 Å². The number of nitrogens with two attached hydrogens (primary N) is 1. The number of carbonyl (C=O) groups excluding carboxylic acids is 3. The van der Waals surface area contributed by atoms with Gasteiger partial charge in [-0.3, -0.25) is 14.4 Å². The maximum Gasteiger partial charge on any atom is 0.255 e. The van der Waals surface area contributed by atoms with Gasteiger partial charge in [-0.2, -0.15) is 0 Å². The number of fused-ring (bicyclic) bond motifs is 3. The molecule has 0 aromatic heterocycles. The normalized spacial score (nSPS) is 29.3. The molecule has 198 valence electrons. The Bertz CT molecular complexity index is 1350. The van der Waals surface area contributed by atoms with Crippen LogP contribution in [0.1, 0.15) is 64.7 Å². The molecular weight excluding hydrogens is 478 g/mol. The number of Topliss-reactive ketones (excluding diaryl/α,β-unsaturated/α-hetero) is 2. The second-order valence-corrected chi connectivity index (χ2v) is 12.2. The largest absolute Gasteiger partial charge is 0.508 e. The van der Waals surface area contributed by atoms with Crippen molar-refractivity contribution in [3.05, 3.63) is 51.8 Å². The summed E-state index contributed by atoms with van der Waals surface area (Å²) in [7, 11) is 0. The monoisotopic (exact) mass is 511 g/mol. The Morgan fingerprint density at radius 2 is 1.68 bits per heavy atom. The van der Waals surface area contributed by atoms with Crippen molar-refractivity contribution in [3.8, 4) is 5.75 Å². The van der Waals surface area contributed by atoms with Crippen LogP contribution in [0.5, 0.6) is 5.75 Å². The smallest absolute Gasteiger partial charge is 0.255 e. The molecule has 4 rings (SSSR count). The lowest BCUT2D eigenvalue weighted by Crippen LogP contribution is -2.63. The van der Waals surface area contributed by atoms with Gasteiger partial charge < -0.3 is 31.3 Å². The fourth-order valence-electron chi connectivity index (χ4n) is 5.80. The van der Waals surface area contributed by atoms with E-state index in [1.807, 2.05) is 41.5 Å². The fourth-order valence-corrected chi connectivity index (χ4v) is 5.80. The maximum atomic E-state index is 13.9. The highest BCUT2D eigenvalue weighted by atomic mass is 16.4. The number of rotatable bonds is 1. The first-order valence-corrected chi connectivity index (χ1v) is 12.1. The predicted molar refractivity (Wildman–Crippen MR) is 135 cm³/mol. The van der Waals surface area contributed by atoms with E-state index in [2.05, 4.69) is 0 Å². The van der Waals surface area contributed by atoms with Crippen LogP contribution in [0.15, 0.2) is 35.1 Å². The number of aliphatic hydroxyl groups is 4. The van der Waals surface area contributed by atoms with Crippen LogP contribution in [0.3, 0.4) is 0 Å². The number of phenols is 1. The summed E-state index contributed by atoms with van der Waals surface area (Å²) >= 11 is 0. The minimum absolute atomic E-state index is 0.0396. The highest BCUT2D eigenvalue weighted by molar-refractivity contribution is 6.23. The summed E-state index contributed by atoms with van der Waals surface area (Å²) in [5.41, 5.74) is 1.26. The first-order valence-electron chi connectivity index (χ1n) is 12.1. The molecule has 0 spiro atoms. The van der Waals surface area contributed by atoms with Gasteiger partial charge in [0, 0.05) is 23.8 Å². The van der Waals surface area contributed by atoms with Crippen molar-refractivity contribution in [3.63, 3.8) is 0 Å². The third kappa shape index (κ3) is 3.71. The maximum absolute atomic E-state index is 13.9. The summed E-state index contributed by atoms with van der Waals surface area (Å²) < 4.78 is 0. The van der Waals surface area contributed by atoms with E-state index >= 15 is 0 Å². The number of amides is 1. The number of carbonyl (C=O) groups is 3. The van der Waals surface area contributed by atoms with Crippen molar-refractivity contribution >= 4 is 28.8 Å². The molecule has 1 aromatic carbocycles. The molecule has 1 aromatic rings. The summed E-state index contributed by atoms with van der Waals surface area (Å²) in [6.45, 7) is 11.3. The Hall–Kier alpha value is -3.43. The summed E-state index contributed by atoms with van der Waals surface area (Å²) in [5, 5.41) is 56.6. The number of allylic oxidation sites excluding steroid dienone is 1. The topological polar surface area (TPSA) is 178 Å². The molecule has 37 heavy (non-hydrogen) atoms.